The van der Waals surface area contributed by atoms with Crippen molar-refractivity contribution in [3.63, 3.8) is 0 Å². The summed E-state index contributed by atoms with van der Waals surface area (Å²) < 4.78 is 5.04. The van der Waals surface area contributed by atoms with Gasteiger partial charge in [0, 0.05) is 19.4 Å². The number of carbonyl (C=O) groups excluding carboxylic acids is 4. The van der Waals surface area contributed by atoms with Crippen molar-refractivity contribution in [3.8, 4) is 5.75 Å². The maximum atomic E-state index is 12.0. The summed E-state index contributed by atoms with van der Waals surface area (Å²) in [5.41, 5.74) is 0. The fraction of sp³-hybridized carbons (Fsp3) is 0.286. The van der Waals surface area contributed by atoms with Gasteiger partial charge >= 0.3 is 11.9 Å². The predicted molar refractivity (Wildman–Crippen MR) is 83.5 cm³/mol. The van der Waals surface area contributed by atoms with Crippen molar-refractivity contribution >= 4 is 58.6 Å². The molecule has 1 fully saturated rings. The molecule has 0 N–H and O–H groups in total. The molecule has 0 saturated carbocycles. The van der Waals surface area contributed by atoms with Crippen LogP contribution in [-0.4, -0.2) is 28.8 Å². The Bertz CT molecular complexity index is 735. The standard InChI is InChI=1S/C14H10Cl3NO6/c1-6(19)24-18-12(20)2-7(14(18)22)3-13(21)23-11-5-9(16)8(15)4-10(11)17/h4-5,7H,2-3H2,1H3. The number of ether oxygens (including phenoxy) is 1. The summed E-state index contributed by atoms with van der Waals surface area (Å²) in [5, 5.41) is 0.743. The molecule has 24 heavy (non-hydrogen) atoms. The summed E-state index contributed by atoms with van der Waals surface area (Å²) in [4.78, 5) is 50.9. The number of hydroxylamine groups is 2. The molecule has 0 spiro atoms. The van der Waals surface area contributed by atoms with Crippen molar-refractivity contribution < 1.29 is 28.8 Å². The number of nitrogens with zero attached hydrogens (tertiary/aromatic N) is 1. The molecule has 10 heteroatoms. The van der Waals surface area contributed by atoms with E-state index in [2.05, 4.69) is 4.84 Å². The molecule has 7 nitrogen and oxygen atoms in total. The maximum Gasteiger partial charge on any atom is 0.330 e. The molecule has 0 bridgehead atoms. The van der Waals surface area contributed by atoms with Crippen LogP contribution in [0.1, 0.15) is 19.8 Å². The van der Waals surface area contributed by atoms with Crippen LogP contribution in [0.25, 0.3) is 0 Å². The van der Waals surface area contributed by atoms with Crippen molar-refractivity contribution in [1.82, 2.24) is 5.06 Å². The van der Waals surface area contributed by atoms with Gasteiger partial charge in [0.25, 0.3) is 11.8 Å². The van der Waals surface area contributed by atoms with Gasteiger partial charge in [-0.1, -0.05) is 34.8 Å². The maximum absolute atomic E-state index is 12.0. The molecule has 1 aliphatic rings. The minimum Gasteiger partial charge on any atom is -0.425 e. The number of amides is 2. The number of esters is 1. The van der Waals surface area contributed by atoms with Gasteiger partial charge in [-0.2, -0.15) is 0 Å². The molecule has 1 unspecified atom stereocenters. The molecular weight excluding hydrogens is 385 g/mol. The third kappa shape index (κ3) is 4.17. The summed E-state index contributed by atoms with van der Waals surface area (Å²) in [6.45, 7) is 1.05. The molecule has 1 aromatic rings. The van der Waals surface area contributed by atoms with Crippen molar-refractivity contribution in [1.29, 1.82) is 0 Å². The molecular formula is C14H10Cl3NO6. The summed E-state index contributed by atoms with van der Waals surface area (Å²) >= 11 is 17.5. The van der Waals surface area contributed by atoms with Crippen molar-refractivity contribution in [2.75, 3.05) is 0 Å². The first-order valence-corrected chi connectivity index (χ1v) is 7.73. The van der Waals surface area contributed by atoms with Gasteiger partial charge in [0.05, 0.1) is 27.4 Å². The average molecular weight is 395 g/mol. The smallest absolute Gasteiger partial charge is 0.330 e. The highest BCUT2D eigenvalue weighted by atomic mass is 35.5. The van der Waals surface area contributed by atoms with Crippen LogP contribution in [0.2, 0.25) is 15.1 Å². The van der Waals surface area contributed by atoms with Gasteiger partial charge in [-0.05, 0) is 6.07 Å². The molecule has 1 aliphatic heterocycles. The summed E-state index contributed by atoms with van der Waals surface area (Å²) in [6, 6.07) is 2.57. The van der Waals surface area contributed by atoms with Crippen molar-refractivity contribution in [2.24, 2.45) is 5.92 Å². The molecule has 128 valence electrons. The van der Waals surface area contributed by atoms with Gasteiger partial charge in [0.1, 0.15) is 0 Å². The molecule has 1 atom stereocenters. The lowest BCUT2D eigenvalue weighted by atomic mass is 10.0. The molecule has 1 saturated heterocycles. The SMILES string of the molecule is CC(=O)ON1C(=O)CC(CC(=O)Oc2cc(Cl)c(Cl)cc2Cl)C1=O. The summed E-state index contributed by atoms with van der Waals surface area (Å²) in [6.07, 6.45) is -0.658. The van der Waals surface area contributed by atoms with Gasteiger partial charge in [-0.25, -0.2) is 4.79 Å². The van der Waals surface area contributed by atoms with Crippen LogP contribution >= 0.6 is 34.8 Å². The van der Waals surface area contributed by atoms with E-state index in [0.29, 0.717) is 5.06 Å². The zero-order valence-corrected chi connectivity index (χ0v) is 14.4. The van der Waals surface area contributed by atoms with E-state index < -0.39 is 29.7 Å². The van der Waals surface area contributed by atoms with E-state index in [-0.39, 0.29) is 33.7 Å². The molecule has 2 rings (SSSR count). The third-order valence-corrected chi connectivity index (χ3v) is 4.05. The van der Waals surface area contributed by atoms with Crippen LogP contribution in [0.3, 0.4) is 0 Å². The summed E-state index contributed by atoms with van der Waals surface area (Å²) in [5.74, 6) is -4.11. The normalized spacial score (nSPS) is 17.2. The quantitative estimate of drug-likeness (QED) is 0.338. The average Bonchev–Trinajstić information content (AvgIpc) is 2.72. The van der Waals surface area contributed by atoms with Gasteiger partial charge in [-0.3, -0.25) is 14.4 Å². The molecule has 0 aliphatic carbocycles. The zero-order chi connectivity index (χ0) is 18.0. The van der Waals surface area contributed by atoms with E-state index in [1.807, 2.05) is 0 Å². The van der Waals surface area contributed by atoms with E-state index >= 15 is 0 Å². The largest absolute Gasteiger partial charge is 0.425 e. The Morgan fingerprint density at radius 3 is 2.42 bits per heavy atom. The number of benzene rings is 1. The molecule has 1 heterocycles. The number of halogens is 3. The first kappa shape index (κ1) is 18.5. The van der Waals surface area contributed by atoms with E-state index in [4.69, 9.17) is 39.5 Å². The molecule has 2 amide bonds. The third-order valence-electron chi connectivity index (χ3n) is 3.03. The Kier molecular flexibility index (Phi) is 5.69. The fourth-order valence-electron chi connectivity index (χ4n) is 2.00. The van der Waals surface area contributed by atoms with E-state index in [0.717, 1.165) is 6.92 Å². The van der Waals surface area contributed by atoms with Crippen molar-refractivity contribution in [3.05, 3.63) is 27.2 Å². The molecule has 0 radical (unpaired) electrons. The molecule has 1 aromatic carbocycles. The Hall–Kier alpha value is -1.83. The number of carbonyl (C=O) groups is 4. The number of hydrogen-bond donors (Lipinski definition) is 0. The minimum atomic E-state index is -0.981. The number of rotatable bonds is 4. The van der Waals surface area contributed by atoms with Crippen LogP contribution in [0.4, 0.5) is 0 Å². The van der Waals surface area contributed by atoms with Gasteiger partial charge in [0.2, 0.25) is 0 Å². The Labute approximate surface area is 151 Å². The van der Waals surface area contributed by atoms with Crippen LogP contribution in [0.15, 0.2) is 12.1 Å². The van der Waals surface area contributed by atoms with Gasteiger partial charge in [0.15, 0.2) is 5.75 Å². The van der Waals surface area contributed by atoms with Crippen LogP contribution < -0.4 is 4.74 Å². The Balaban J connectivity index is 2.03. The van der Waals surface area contributed by atoms with Crippen molar-refractivity contribution in [2.45, 2.75) is 19.8 Å². The van der Waals surface area contributed by atoms with Crippen LogP contribution in [-0.2, 0) is 24.0 Å². The zero-order valence-electron chi connectivity index (χ0n) is 12.2. The van der Waals surface area contributed by atoms with E-state index in [1.165, 1.54) is 12.1 Å². The second kappa shape index (κ2) is 7.38. The molecule has 0 aromatic heterocycles. The first-order chi connectivity index (χ1) is 11.2. The van der Waals surface area contributed by atoms with Crippen LogP contribution in [0, 0.1) is 5.92 Å². The Morgan fingerprint density at radius 1 is 1.17 bits per heavy atom. The lowest BCUT2D eigenvalue weighted by Gasteiger charge is -2.12. The lowest BCUT2D eigenvalue weighted by Crippen LogP contribution is -2.33. The van der Waals surface area contributed by atoms with Crippen LogP contribution in [0.5, 0.6) is 5.75 Å². The van der Waals surface area contributed by atoms with E-state index in [9.17, 15) is 19.2 Å². The minimum absolute atomic E-state index is 0.0234. The summed E-state index contributed by atoms with van der Waals surface area (Å²) in [7, 11) is 0. The highest BCUT2D eigenvalue weighted by Crippen LogP contribution is 2.34. The highest BCUT2D eigenvalue weighted by molar-refractivity contribution is 6.43. The number of imide groups is 1. The fourth-order valence-corrected chi connectivity index (χ4v) is 2.58. The first-order valence-electron chi connectivity index (χ1n) is 6.59. The highest BCUT2D eigenvalue weighted by Gasteiger charge is 2.42. The number of hydrogen-bond acceptors (Lipinski definition) is 6. The second-order valence-corrected chi connectivity index (χ2v) is 6.11. The second-order valence-electron chi connectivity index (χ2n) is 4.89. The lowest BCUT2D eigenvalue weighted by molar-refractivity contribution is -0.196. The monoisotopic (exact) mass is 393 g/mol. The van der Waals surface area contributed by atoms with Gasteiger partial charge in [-0.15, -0.1) is 5.06 Å². The van der Waals surface area contributed by atoms with E-state index in [1.54, 1.807) is 0 Å². The Morgan fingerprint density at radius 2 is 1.79 bits per heavy atom. The predicted octanol–water partition coefficient (Wildman–Crippen LogP) is 2.80. The topological polar surface area (TPSA) is 90.0 Å². The van der Waals surface area contributed by atoms with Gasteiger partial charge < -0.3 is 9.57 Å².